The Morgan fingerprint density at radius 1 is 1.24 bits per heavy atom. The summed E-state index contributed by atoms with van der Waals surface area (Å²) in [5.41, 5.74) is 8.28. The summed E-state index contributed by atoms with van der Waals surface area (Å²) >= 11 is 3.35. The van der Waals surface area contributed by atoms with Gasteiger partial charge in [0, 0.05) is 15.6 Å². The van der Waals surface area contributed by atoms with Crippen molar-refractivity contribution in [3.8, 4) is 0 Å². The van der Waals surface area contributed by atoms with Gasteiger partial charge in [-0.1, -0.05) is 22.9 Å². The fourth-order valence-electron chi connectivity index (χ4n) is 1.81. The van der Waals surface area contributed by atoms with E-state index in [0.717, 1.165) is 5.56 Å². The van der Waals surface area contributed by atoms with Crippen LogP contribution in [0.15, 0.2) is 52.1 Å². The summed E-state index contributed by atoms with van der Waals surface area (Å²) < 4.78 is 0.646. The number of nitrogens with two attached hydrogens (primary N) is 1. The van der Waals surface area contributed by atoms with E-state index in [1.807, 2.05) is 25.1 Å². The van der Waals surface area contributed by atoms with Crippen LogP contribution >= 0.6 is 15.9 Å². The van der Waals surface area contributed by atoms with Crippen LogP contribution < -0.4 is 11.1 Å². The van der Waals surface area contributed by atoms with Crippen molar-refractivity contribution in [1.82, 2.24) is 0 Å². The first kappa shape index (κ1) is 15.1. The zero-order valence-corrected chi connectivity index (χ0v) is 12.9. The Bertz CT molecular complexity index is 714. The third-order valence-corrected chi connectivity index (χ3v) is 3.56. The van der Waals surface area contributed by atoms with Crippen LogP contribution in [0.4, 0.5) is 5.69 Å². The van der Waals surface area contributed by atoms with E-state index in [1.54, 1.807) is 24.3 Å². The highest BCUT2D eigenvalue weighted by molar-refractivity contribution is 9.10. The lowest BCUT2D eigenvalue weighted by Gasteiger charge is -2.09. The molecule has 6 heteroatoms. The number of benzene rings is 2. The van der Waals surface area contributed by atoms with Crippen molar-refractivity contribution in [1.29, 1.82) is 0 Å². The fourth-order valence-corrected chi connectivity index (χ4v) is 2.29. The summed E-state index contributed by atoms with van der Waals surface area (Å²) in [4.78, 5) is 12.2. The van der Waals surface area contributed by atoms with Gasteiger partial charge in [0.1, 0.15) is 0 Å². The van der Waals surface area contributed by atoms with Crippen molar-refractivity contribution in [2.75, 3.05) is 5.32 Å². The zero-order valence-electron chi connectivity index (χ0n) is 11.3. The van der Waals surface area contributed by atoms with Gasteiger partial charge in [-0.25, -0.2) is 0 Å². The normalized spacial score (nSPS) is 11.2. The number of halogens is 1. The van der Waals surface area contributed by atoms with Crippen molar-refractivity contribution >= 4 is 33.4 Å². The van der Waals surface area contributed by atoms with Crippen molar-refractivity contribution in [2.24, 2.45) is 10.9 Å². The minimum Gasteiger partial charge on any atom is -0.409 e. The summed E-state index contributed by atoms with van der Waals surface area (Å²) in [6.07, 6.45) is 0. The molecule has 0 fully saturated rings. The first-order chi connectivity index (χ1) is 10.0. The Kier molecular flexibility index (Phi) is 4.59. The molecule has 5 nitrogen and oxygen atoms in total. The predicted octanol–water partition coefficient (Wildman–Crippen LogP) is 3.10. The second kappa shape index (κ2) is 6.41. The molecule has 0 bridgehead atoms. The monoisotopic (exact) mass is 347 g/mol. The lowest BCUT2D eigenvalue weighted by molar-refractivity contribution is 0.102. The molecule has 2 rings (SSSR count). The summed E-state index contributed by atoms with van der Waals surface area (Å²) in [5, 5.41) is 14.4. The number of nitrogens with zero attached hydrogens (tertiary/aromatic N) is 1. The second-order valence-electron chi connectivity index (χ2n) is 4.50. The van der Waals surface area contributed by atoms with Crippen molar-refractivity contribution in [3.63, 3.8) is 0 Å². The minimum atomic E-state index is -0.198. The Morgan fingerprint density at radius 2 is 2.00 bits per heavy atom. The molecule has 0 heterocycles. The molecule has 0 aliphatic heterocycles. The Hall–Kier alpha value is -2.34. The number of anilines is 1. The maximum absolute atomic E-state index is 12.2. The third-order valence-electron chi connectivity index (χ3n) is 2.90. The van der Waals surface area contributed by atoms with Gasteiger partial charge in [0.15, 0.2) is 5.84 Å². The lowest BCUT2D eigenvalue weighted by atomic mass is 10.1. The highest BCUT2D eigenvalue weighted by atomic mass is 79.9. The Labute approximate surface area is 130 Å². The molecule has 0 aliphatic carbocycles. The topological polar surface area (TPSA) is 87.7 Å². The molecule has 0 aromatic heterocycles. The van der Waals surface area contributed by atoms with Crippen LogP contribution in [0.2, 0.25) is 0 Å². The number of aryl methyl sites for hydroxylation is 1. The smallest absolute Gasteiger partial charge is 0.255 e. The molecule has 0 spiro atoms. The molecular formula is C15H14BrN3O2. The minimum absolute atomic E-state index is 0.00672. The lowest BCUT2D eigenvalue weighted by Crippen LogP contribution is -2.15. The molecule has 0 aliphatic rings. The van der Waals surface area contributed by atoms with Gasteiger partial charge >= 0.3 is 0 Å². The van der Waals surface area contributed by atoms with Gasteiger partial charge in [-0.3, -0.25) is 4.79 Å². The Morgan fingerprint density at radius 3 is 2.62 bits per heavy atom. The Balaban J connectivity index is 2.22. The molecule has 0 radical (unpaired) electrons. The van der Waals surface area contributed by atoms with E-state index in [1.165, 1.54) is 0 Å². The summed E-state index contributed by atoms with van der Waals surface area (Å²) in [6, 6.07) is 12.3. The summed E-state index contributed by atoms with van der Waals surface area (Å²) in [5.74, 6) is -0.191. The van der Waals surface area contributed by atoms with Crippen LogP contribution in [0.5, 0.6) is 0 Å². The van der Waals surface area contributed by atoms with Gasteiger partial charge < -0.3 is 16.3 Å². The van der Waals surface area contributed by atoms with Crippen LogP contribution in [0.25, 0.3) is 0 Å². The second-order valence-corrected chi connectivity index (χ2v) is 5.36. The average molecular weight is 348 g/mol. The van der Waals surface area contributed by atoms with Crippen LogP contribution in [-0.4, -0.2) is 17.0 Å². The van der Waals surface area contributed by atoms with E-state index in [0.29, 0.717) is 21.3 Å². The number of oxime groups is 1. The maximum atomic E-state index is 12.2. The van der Waals surface area contributed by atoms with E-state index in [9.17, 15) is 4.79 Å². The summed E-state index contributed by atoms with van der Waals surface area (Å²) in [7, 11) is 0. The van der Waals surface area contributed by atoms with E-state index in [-0.39, 0.29) is 11.7 Å². The highest BCUT2D eigenvalue weighted by Crippen LogP contribution is 2.24. The van der Waals surface area contributed by atoms with Crippen LogP contribution in [0, 0.1) is 6.92 Å². The molecule has 108 valence electrons. The van der Waals surface area contributed by atoms with Crippen molar-refractivity contribution in [2.45, 2.75) is 6.92 Å². The quantitative estimate of drug-likeness (QED) is 0.345. The van der Waals surface area contributed by atoms with Crippen LogP contribution in [0.1, 0.15) is 21.5 Å². The number of amidine groups is 1. The predicted molar refractivity (Wildman–Crippen MR) is 85.8 cm³/mol. The number of carbonyl (C=O) groups is 1. The molecule has 0 atom stereocenters. The number of hydrogen-bond donors (Lipinski definition) is 3. The molecule has 1 amide bonds. The third kappa shape index (κ3) is 3.61. The van der Waals surface area contributed by atoms with E-state index >= 15 is 0 Å². The molecule has 2 aromatic carbocycles. The number of hydrogen-bond acceptors (Lipinski definition) is 3. The van der Waals surface area contributed by atoms with E-state index in [2.05, 4.69) is 26.4 Å². The SMILES string of the molecule is Cc1cccc(C(=O)Nc2ccc(/C(N)=N/O)cc2Br)c1. The molecule has 0 saturated carbocycles. The number of nitrogens with one attached hydrogen (secondary N) is 1. The summed E-state index contributed by atoms with van der Waals surface area (Å²) in [6.45, 7) is 1.93. The van der Waals surface area contributed by atoms with E-state index < -0.39 is 0 Å². The van der Waals surface area contributed by atoms with Crippen LogP contribution in [0.3, 0.4) is 0 Å². The first-order valence-electron chi connectivity index (χ1n) is 6.16. The van der Waals surface area contributed by atoms with Crippen molar-refractivity contribution in [3.05, 3.63) is 63.6 Å². The standard InChI is InChI=1S/C15H14BrN3O2/c1-9-3-2-4-11(7-9)15(20)18-13-6-5-10(8-12(13)16)14(17)19-21/h2-8,21H,1H3,(H2,17,19)(H,18,20). The molecule has 21 heavy (non-hydrogen) atoms. The number of carbonyl (C=O) groups excluding carboxylic acids is 1. The maximum Gasteiger partial charge on any atom is 0.255 e. The molecule has 0 unspecified atom stereocenters. The average Bonchev–Trinajstić information content (AvgIpc) is 2.48. The fraction of sp³-hybridized carbons (Fsp3) is 0.0667. The van der Waals surface area contributed by atoms with Gasteiger partial charge in [-0.15, -0.1) is 0 Å². The van der Waals surface area contributed by atoms with Crippen LogP contribution in [-0.2, 0) is 0 Å². The van der Waals surface area contributed by atoms with Gasteiger partial charge in [-0.2, -0.15) is 0 Å². The van der Waals surface area contributed by atoms with Gasteiger partial charge in [0.25, 0.3) is 5.91 Å². The highest BCUT2D eigenvalue weighted by Gasteiger charge is 2.10. The largest absolute Gasteiger partial charge is 0.409 e. The zero-order chi connectivity index (χ0) is 15.4. The van der Waals surface area contributed by atoms with Gasteiger partial charge in [0.05, 0.1) is 5.69 Å². The number of amides is 1. The molecule has 0 saturated heterocycles. The van der Waals surface area contributed by atoms with Crippen molar-refractivity contribution < 1.29 is 10.0 Å². The van der Waals surface area contributed by atoms with E-state index in [4.69, 9.17) is 10.9 Å². The van der Waals surface area contributed by atoms with Gasteiger partial charge in [0.2, 0.25) is 0 Å². The van der Waals surface area contributed by atoms with Gasteiger partial charge in [-0.05, 0) is 53.2 Å². The molecule has 4 N–H and O–H groups in total. The first-order valence-corrected chi connectivity index (χ1v) is 6.96. The molecule has 2 aromatic rings. The molecular weight excluding hydrogens is 334 g/mol. The number of rotatable bonds is 3.